The highest BCUT2D eigenvalue weighted by atomic mass is 16.5. The van der Waals surface area contributed by atoms with Crippen molar-refractivity contribution in [1.82, 2.24) is 9.97 Å². The molecule has 1 heterocycles. The molecule has 0 aliphatic carbocycles. The molecule has 7 nitrogen and oxygen atoms in total. The van der Waals surface area contributed by atoms with Crippen LogP contribution in [0.2, 0.25) is 0 Å². The third kappa shape index (κ3) is 4.14. The van der Waals surface area contributed by atoms with Crippen molar-refractivity contribution in [1.29, 1.82) is 0 Å². The smallest absolute Gasteiger partial charge is 0.356 e. The van der Waals surface area contributed by atoms with Gasteiger partial charge in [0.15, 0.2) is 5.69 Å². The number of carbonyl (C=O) groups is 1. The van der Waals surface area contributed by atoms with Crippen molar-refractivity contribution in [2.45, 2.75) is 19.8 Å². The van der Waals surface area contributed by atoms with Gasteiger partial charge in [0.2, 0.25) is 0 Å². The molecule has 0 aliphatic rings. The van der Waals surface area contributed by atoms with Gasteiger partial charge in [-0.3, -0.25) is 0 Å². The van der Waals surface area contributed by atoms with Gasteiger partial charge in [-0.05, 0) is 0 Å². The Kier molecular flexibility index (Phi) is 6.33. The number of ether oxygens (including phenoxy) is 1. The molecule has 0 bridgehead atoms. The van der Waals surface area contributed by atoms with E-state index in [1.54, 1.807) is 12.0 Å². The monoisotopic (exact) mass is 283 g/mol. The van der Waals surface area contributed by atoms with Crippen molar-refractivity contribution < 1.29 is 19.7 Å². The zero-order valence-electron chi connectivity index (χ0n) is 12.0. The average Bonchev–Trinajstić information content (AvgIpc) is 2.42. The maximum absolute atomic E-state index is 11.4. The number of aliphatic hydroxyl groups excluding tert-OH is 1. The maximum atomic E-state index is 11.4. The molecule has 0 atom stereocenters. The number of anilines is 1. The van der Waals surface area contributed by atoms with E-state index in [0.717, 1.165) is 0 Å². The van der Waals surface area contributed by atoms with Gasteiger partial charge in [-0.25, -0.2) is 14.8 Å². The fourth-order valence-corrected chi connectivity index (χ4v) is 1.73. The summed E-state index contributed by atoms with van der Waals surface area (Å²) in [5.41, 5.74) is 0.348. The fraction of sp³-hybridized carbons (Fsp3) is 0.615. The Bertz CT molecular complexity index is 451. The summed E-state index contributed by atoms with van der Waals surface area (Å²) in [5, 5.41) is 18.4. The Balaban J connectivity index is 3.15. The lowest BCUT2D eigenvalue weighted by Gasteiger charge is -2.24. The second-order valence-electron chi connectivity index (χ2n) is 4.63. The van der Waals surface area contributed by atoms with Gasteiger partial charge in [0.1, 0.15) is 5.82 Å². The normalized spacial score (nSPS) is 10.8. The number of nitrogens with zero attached hydrogens (tertiary/aromatic N) is 3. The van der Waals surface area contributed by atoms with Crippen LogP contribution in [0.15, 0.2) is 6.20 Å². The van der Waals surface area contributed by atoms with Crippen molar-refractivity contribution >= 4 is 11.7 Å². The number of methoxy groups -OCH3 is 1. The summed E-state index contributed by atoms with van der Waals surface area (Å²) in [7, 11) is 1.56. The fourth-order valence-electron chi connectivity index (χ4n) is 1.73. The minimum atomic E-state index is -1.11. The Hall–Kier alpha value is -1.73. The number of rotatable bonds is 8. The number of carboxylic acids is 1. The SMILES string of the molecule is COCCN(CCO)c1cnc(C(C)C)nc1C(=O)O. The first-order chi connectivity index (χ1) is 9.51. The van der Waals surface area contributed by atoms with Gasteiger partial charge in [-0.2, -0.15) is 0 Å². The van der Waals surface area contributed by atoms with Gasteiger partial charge in [0, 0.05) is 26.1 Å². The van der Waals surface area contributed by atoms with E-state index in [-0.39, 0.29) is 18.2 Å². The van der Waals surface area contributed by atoms with Crippen LogP contribution in [0.4, 0.5) is 5.69 Å². The molecule has 112 valence electrons. The van der Waals surface area contributed by atoms with Gasteiger partial charge in [-0.1, -0.05) is 13.8 Å². The van der Waals surface area contributed by atoms with E-state index in [1.807, 2.05) is 13.8 Å². The zero-order valence-corrected chi connectivity index (χ0v) is 12.0. The van der Waals surface area contributed by atoms with Crippen molar-refractivity contribution in [3.05, 3.63) is 17.7 Å². The van der Waals surface area contributed by atoms with Crippen LogP contribution in [-0.4, -0.2) is 59.6 Å². The first-order valence-electron chi connectivity index (χ1n) is 6.46. The summed E-state index contributed by atoms with van der Waals surface area (Å²) < 4.78 is 4.99. The van der Waals surface area contributed by atoms with E-state index in [0.29, 0.717) is 31.2 Å². The molecule has 0 aromatic carbocycles. The van der Waals surface area contributed by atoms with E-state index in [4.69, 9.17) is 9.84 Å². The highest BCUT2D eigenvalue weighted by Crippen LogP contribution is 2.20. The maximum Gasteiger partial charge on any atom is 0.356 e. The average molecular weight is 283 g/mol. The van der Waals surface area contributed by atoms with Crippen LogP contribution in [0.3, 0.4) is 0 Å². The molecular weight excluding hydrogens is 262 g/mol. The first kappa shape index (κ1) is 16.3. The summed E-state index contributed by atoms with van der Waals surface area (Å²) >= 11 is 0. The van der Waals surface area contributed by atoms with Gasteiger partial charge in [0.25, 0.3) is 0 Å². The summed E-state index contributed by atoms with van der Waals surface area (Å²) in [4.78, 5) is 21.4. The highest BCUT2D eigenvalue weighted by molar-refractivity contribution is 5.92. The summed E-state index contributed by atoms with van der Waals surface area (Å²) in [6.07, 6.45) is 1.50. The first-order valence-corrected chi connectivity index (χ1v) is 6.46. The lowest BCUT2D eigenvalue weighted by atomic mass is 10.2. The molecular formula is C13H21N3O4. The molecule has 0 saturated carbocycles. The number of hydrogen-bond donors (Lipinski definition) is 2. The van der Waals surface area contributed by atoms with Crippen LogP contribution in [-0.2, 0) is 4.74 Å². The Labute approximate surface area is 118 Å². The largest absolute Gasteiger partial charge is 0.476 e. The summed E-state index contributed by atoms with van der Waals surface area (Å²) in [5.74, 6) is -0.570. The van der Waals surface area contributed by atoms with E-state index < -0.39 is 5.97 Å². The van der Waals surface area contributed by atoms with Crippen molar-refractivity contribution in [2.24, 2.45) is 0 Å². The van der Waals surface area contributed by atoms with Gasteiger partial charge >= 0.3 is 5.97 Å². The minimum absolute atomic E-state index is 0.0479. The molecule has 0 unspecified atom stereocenters. The minimum Gasteiger partial charge on any atom is -0.476 e. The molecule has 20 heavy (non-hydrogen) atoms. The lowest BCUT2D eigenvalue weighted by molar-refractivity contribution is 0.0690. The molecule has 1 aromatic rings. The van der Waals surface area contributed by atoms with Crippen LogP contribution in [0.5, 0.6) is 0 Å². The molecule has 0 aliphatic heterocycles. The van der Waals surface area contributed by atoms with E-state index in [1.165, 1.54) is 6.20 Å². The standard InChI is InChI=1S/C13H21N3O4/c1-9(2)12-14-8-10(11(15-12)13(18)19)16(4-6-17)5-7-20-3/h8-9,17H,4-7H2,1-3H3,(H,18,19). The molecule has 0 fully saturated rings. The van der Waals surface area contributed by atoms with Crippen LogP contribution >= 0.6 is 0 Å². The highest BCUT2D eigenvalue weighted by Gasteiger charge is 2.20. The zero-order chi connectivity index (χ0) is 15.1. The summed E-state index contributed by atoms with van der Waals surface area (Å²) in [6, 6.07) is 0. The van der Waals surface area contributed by atoms with Crippen LogP contribution in [0, 0.1) is 0 Å². The van der Waals surface area contributed by atoms with Gasteiger partial charge in [-0.15, -0.1) is 0 Å². The topological polar surface area (TPSA) is 95.8 Å². The molecule has 0 spiro atoms. The second kappa shape index (κ2) is 7.76. The van der Waals surface area contributed by atoms with E-state index in [9.17, 15) is 9.90 Å². The van der Waals surface area contributed by atoms with Crippen LogP contribution in [0.1, 0.15) is 36.1 Å². The molecule has 1 rings (SSSR count). The number of aromatic carboxylic acids is 1. The Morgan fingerprint density at radius 3 is 2.65 bits per heavy atom. The molecule has 0 amide bonds. The Morgan fingerprint density at radius 2 is 2.15 bits per heavy atom. The lowest BCUT2D eigenvalue weighted by Crippen LogP contribution is -2.32. The molecule has 7 heteroatoms. The van der Waals surface area contributed by atoms with E-state index in [2.05, 4.69) is 9.97 Å². The van der Waals surface area contributed by atoms with Crippen LogP contribution in [0.25, 0.3) is 0 Å². The third-order valence-corrected chi connectivity index (χ3v) is 2.78. The van der Waals surface area contributed by atoms with Crippen molar-refractivity contribution in [2.75, 3.05) is 38.3 Å². The molecule has 1 aromatic heterocycles. The number of aliphatic hydroxyl groups is 1. The van der Waals surface area contributed by atoms with Gasteiger partial charge < -0.3 is 19.8 Å². The number of carboxylic acid groups (broad SMARTS) is 1. The molecule has 0 radical (unpaired) electrons. The Morgan fingerprint density at radius 1 is 1.45 bits per heavy atom. The molecule has 0 saturated heterocycles. The predicted molar refractivity (Wildman–Crippen MR) is 74.3 cm³/mol. The van der Waals surface area contributed by atoms with E-state index >= 15 is 0 Å². The van der Waals surface area contributed by atoms with Crippen LogP contribution < -0.4 is 4.90 Å². The van der Waals surface area contributed by atoms with Crippen molar-refractivity contribution in [3.63, 3.8) is 0 Å². The van der Waals surface area contributed by atoms with Gasteiger partial charge in [0.05, 0.1) is 25.1 Å². The number of hydrogen-bond acceptors (Lipinski definition) is 6. The quantitative estimate of drug-likeness (QED) is 0.726. The van der Waals surface area contributed by atoms with Crippen molar-refractivity contribution in [3.8, 4) is 0 Å². The second-order valence-corrected chi connectivity index (χ2v) is 4.63. The predicted octanol–water partition coefficient (Wildman–Crippen LogP) is 0.743. The number of aromatic nitrogens is 2. The summed E-state index contributed by atoms with van der Waals surface area (Å²) in [6.45, 7) is 4.89. The molecule has 2 N–H and O–H groups in total. The third-order valence-electron chi connectivity index (χ3n) is 2.78.